The number of hydrogen-bond acceptors (Lipinski definition) is 4. The van der Waals surface area contributed by atoms with Crippen LogP contribution in [0.25, 0.3) is 0 Å². The lowest BCUT2D eigenvalue weighted by Gasteiger charge is -2.31. The molecule has 2 aromatic rings. The number of aromatic nitrogens is 2. The van der Waals surface area contributed by atoms with Crippen molar-refractivity contribution in [2.24, 2.45) is 5.92 Å². The van der Waals surface area contributed by atoms with Gasteiger partial charge in [0.2, 0.25) is 15.9 Å². The number of carbonyl (C=O) groups excluding carboxylic acids is 1. The third-order valence-corrected chi connectivity index (χ3v) is 6.37. The average Bonchev–Trinajstić information content (AvgIpc) is 3.08. The topological polar surface area (TPSA) is 95.2 Å². The highest BCUT2D eigenvalue weighted by atomic mass is 79.9. The Kier molecular flexibility index (Phi) is 5.02. The second-order valence-corrected chi connectivity index (χ2v) is 8.47. The van der Waals surface area contributed by atoms with Gasteiger partial charge in [-0.2, -0.15) is 9.40 Å². The number of amides is 1. The molecule has 2 heterocycles. The van der Waals surface area contributed by atoms with Gasteiger partial charge in [-0.05, 0) is 37.1 Å². The van der Waals surface area contributed by atoms with Crippen LogP contribution >= 0.6 is 15.9 Å². The molecule has 1 saturated heterocycles. The molecule has 1 aliphatic rings. The number of halogens is 1. The number of H-pyrrole nitrogens is 1. The fourth-order valence-corrected chi connectivity index (χ4v) is 4.48. The maximum Gasteiger partial charge on any atom is 0.243 e. The van der Waals surface area contributed by atoms with Crippen LogP contribution in [0, 0.1) is 5.92 Å². The Bertz CT molecular complexity index is 806. The molecule has 9 heteroatoms. The van der Waals surface area contributed by atoms with E-state index in [1.54, 1.807) is 36.5 Å². The van der Waals surface area contributed by atoms with Crippen molar-refractivity contribution in [1.82, 2.24) is 14.5 Å². The molecule has 0 radical (unpaired) electrons. The number of aromatic amines is 1. The number of sulfonamides is 1. The summed E-state index contributed by atoms with van der Waals surface area (Å²) >= 11 is 3.30. The quantitative estimate of drug-likeness (QED) is 0.804. The van der Waals surface area contributed by atoms with Crippen molar-refractivity contribution in [1.29, 1.82) is 0 Å². The van der Waals surface area contributed by atoms with E-state index in [0.29, 0.717) is 25.2 Å². The number of nitrogens with zero attached hydrogens (tertiary/aromatic N) is 2. The predicted molar refractivity (Wildman–Crippen MR) is 92.8 cm³/mol. The molecule has 1 fully saturated rings. The van der Waals surface area contributed by atoms with Crippen LogP contribution in [0.1, 0.15) is 12.8 Å². The molecule has 0 spiro atoms. The van der Waals surface area contributed by atoms with Crippen molar-refractivity contribution in [3.63, 3.8) is 0 Å². The molecule has 0 bridgehead atoms. The fraction of sp³-hybridized carbons (Fsp3) is 0.333. The van der Waals surface area contributed by atoms with E-state index in [1.165, 1.54) is 4.31 Å². The smallest absolute Gasteiger partial charge is 0.243 e. The SMILES string of the molecule is O=C(Nc1ccn[nH]1)C1CCCN(S(=O)(=O)c2ccc(Br)cc2)C1. The van der Waals surface area contributed by atoms with E-state index in [-0.39, 0.29) is 23.3 Å². The minimum atomic E-state index is -3.59. The molecule has 128 valence electrons. The summed E-state index contributed by atoms with van der Waals surface area (Å²) in [5.74, 6) is -0.0740. The van der Waals surface area contributed by atoms with Crippen molar-refractivity contribution in [3.05, 3.63) is 41.0 Å². The van der Waals surface area contributed by atoms with Gasteiger partial charge in [0.05, 0.1) is 17.0 Å². The number of nitrogens with one attached hydrogen (secondary N) is 2. The first kappa shape index (κ1) is 17.1. The molecule has 7 nitrogen and oxygen atoms in total. The molecule has 2 N–H and O–H groups in total. The second kappa shape index (κ2) is 7.04. The summed E-state index contributed by atoms with van der Waals surface area (Å²) in [7, 11) is -3.59. The van der Waals surface area contributed by atoms with Gasteiger partial charge in [-0.25, -0.2) is 8.42 Å². The first-order valence-electron chi connectivity index (χ1n) is 7.53. The molecule has 1 atom stereocenters. The van der Waals surface area contributed by atoms with Gasteiger partial charge in [-0.3, -0.25) is 9.89 Å². The number of hydrogen-bond donors (Lipinski definition) is 2. The zero-order valence-electron chi connectivity index (χ0n) is 12.8. The molecule has 24 heavy (non-hydrogen) atoms. The third-order valence-electron chi connectivity index (χ3n) is 3.96. The highest BCUT2D eigenvalue weighted by Gasteiger charge is 2.33. The van der Waals surface area contributed by atoms with Crippen molar-refractivity contribution in [2.45, 2.75) is 17.7 Å². The number of piperidine rings is 1. The molecule has 1 amide bonds. The maximum atomic E-state index is 12.7. The zero-order chi connectivity index (χ0) is 17.2. The van der Waals surface area contributed by atoms with E-state index < -0.39 is 10.0 Å². The number of carbonyl (C=O) groups is 1. The molecule has 1 aromatic carbocycles. The van der Waals surface area contributed by atoms with Gasteiger partial charge in [0, 0.05) is 23.6 Å². The van der Waals surface area contributed by atoms with Crippen molar-refractivity contribution in [2.75, 3.05) is 18.4 Å². The van der Waals surface area contributed by atoms with E-state index in [4.69, 9.17) is 0 Å². The Morgan fingerprint density at radius 2 is 2.04 bits per heavy atom. The summed E-state index contributed by atoms with van der Waals surface area (Å²) in [5, 5.41) is 9.16. The van der Waals surface area contributed by atoms with Crippen LogP contribution in [-0.2, 0) is 14.8 Å². The molecule has 1 aromatic heterocycles. The van der Waals surface area contributed by atoms with Crippen LogP contribution in [0.5, 0.6) is 0 Å². The first-order chi connectivity index (χ1) is 11.5. The zero-order valence-corrected chi connectivity index (χ0v) is 15.2. The lowest BCUT2D eigenvalue weighted by atomic mass is 9.99. The summed E-state index contributed by atoms with van der Waals surface area (Å²) < 4.78 is 27.7. The van der Waals surface area contributed by atoms with E-state index in [1.807, 2.05) is 0 Å². The maximum absolute atomic E-state index is 12.7. The molecule has 1 unspecified atom stereocenters. The Balaban J connectivity index is 1.72. The lowest BCUT2D eigenvalue weighted by Crippen LogP contribution is -2.43. The first-order valence-corrected chi connectivity index (χ1v) is 9.76. The van der Waals surface area contributed by atoms with E-state index in [2.05, 4.69) is 31.4 Å². The van der Waals surface area contributed by atoms with Crippen LogP contribution in [0.2, 0.25) is 0 Å². The Morgan fingerprint density at radius 3 is 2.71 bits per heavy atom. The minimum Gasteiger partial charge on any atom is -0.311 e. The van der Waals surface area contributed by atoms with E-state index in [9.17, 15) is 13.2 Å². The van der Waals surface area contributed by atoms with Crippen LogP contribution in [-0.4, -0.2) is 41.9 Å². The lowest BCUT2D eigenvalue weighted by molar-refractivity contribution is -0.120. The van der Waals surface area contributed by atoms with Crippen molar-refractivity contribution >= 4 is 37.7 Å². The van der Waals surface area contributed by atoms with Gasteiger partial charge in [0.15, 0.2) is 0 Å². The number of anilines is 1. The largest absolute Gasteiger partial charge is 0.311 e. The summed E-state index contributed by atoms with van der Waals surface area (Å²) in [6.07, 6.45) is 2.85. The molecule has 0 saturated carbocycles. The second-order valence-electron chi connectivity index (χ2n) is 5.62. The van der Waals surface area contributed by atoms with E-state index in [0.717, 1.165) is 4.47 Å². The minimum absolute atomic E-state index is 0.179. The summed E-state index contributed by atoms with van der Waals surface area (Å²) in [6, 6.07) is 8.16. The van der Waals surface area contributed by atoms with Gasteiger partial charge in [-0.1, -0.05) is 15.9 Å². The fourth-order valence-electron chi connectivity index (χ4n) is 2.69. The standard InChI is InChI=1S/C15H17BrN4O3S/c16-12-3-5-13(6-4-12)24(22,23)20-9-1-2-11(10-20)15(21)18-14-7-8-17-19-14/h3-8,11H,1-2,9-10H2,(H2,17,18,19,21). The van der Waals surface area contributed by atoms with Gasteiger partial charge in [0.1, 0.15) is 5.82 Å². The van der Waals surface area contributed by atoms with Gasteiger partial charge in [-0.15, -0.1) is 0 Å². The van der Waals surface area contributed by atoms with Gasteiger partial charge < -0.3 is 5.32 Å². The molecular weight excluding hydrogens is 396 g/mol. The molecule has 1 aliphatic heterocycles. The average molecular weight is 413 g/mol. The summed E-state index contributed by atoms with van der Waals surface area (Å²) in [4.78, 5) is 12.6. The number of benzene rings is 1. The molecular formula is C15H17BrN4O3S. The summed E-state index contributed by atoms with van der Waals surface area (Å²) in [5.41, 5.74) is 0. The van der Waals surface area contributed by atoms with Crippen LogP contribution in [0.15, 0.2) is 45.9 Å². The van der Waals surface area contributed by atoms with Gasteiger partial charge in [0.25, 0.3) is 0 Å². The van der Waals surface area contributed by atoms with Crippen LogP contribution in [0.3, 0.4) is 0 Å². The van der Waals surface area contributed by atoms with Crippen LogP contribution in [0.4, 0.5) is 5.82 Å². The third kappa shape index (κ3) is 3.68. The highest BCUT2D eigenvalue weighted by Crippen LogP contribution is 2.25. The van der Waals surface area contributed by atoms with Crippen molar-refractivity contribution < 1.29 is 13.2 Å². The molecule has 3 rings (SSSR count). The van der Waals surface area contributed by atoms with Crippen LogP contribution < -0.4 is 5.32 Å². The summed E-state index contributed by atoms with van der Waals surface area (Å²) in [6.45, 7) is 0.602. The van der Waals surface area contributed by atoms with E-state index >= 15 is 0 Å². The highest BCUT2D eigenvalue weighted by molar-refractivity contribution is 9.10. The van der Waals surface area contributed by atoms with Crippen molar-refractivity contribution in [3.8, 4) is 0 Å². The molecule has 0 aliphatic carbocycles. The normalized spacial score (nSPS) is 19.1. The predicted octanol–water partition coefficient (Wildman–Crippen LogP) is 2.21. The Labute approximate surface area is 148 Å². The Hall–Kier alpha value is -1.71. The monoisotopic (exact) mass is 412 g/mol. The Morgan fingerprint density at radius 1 is 1.29 bits per heavy atom. The number of rotatable bonds is 4. The van der Waals surface area contributed by atoms with Gasteiger partial charge >= 0.3 is 0 Å².